The molecule has 0 radical (unpaired) electrons. The van der Waals surface area contributed by atoms with Crippen LogP contribution in [-0.4, -0.2) is 10.1 Å². The minimum absolute atomic E-state index is 0.00160. The summed E-state index contributed by atoms with van der Waals surface area (Å²) in [5.74, 6) is -0.0691. The van der Waals surface area contributed by atoms with Crippen LogP contribution in [0.2, 0.25) is 0 Å². The van der Waals surface area contributed by atoms with Crippen LogP contribution in [0.5, 0.6) is 0 Å². The minimum atomic E-state index is -0.0691. The van der Waals surface area contributed by atoms with Gasteiger partial charge in [-0.05, 0) is 35.9 Å². The van der Waals surface area contributed by atoms with E-state index in [0.717, 1.165) is 19.3 Å². The van der Waals surface area contributed by atoms with Crippen LogP contribution in [0.25, 0.3) is 0 Å². The van der Waals surface area contributed by atoms with Crippen LogP contribution in [0.4, 0.5) is 0 Å². The van der Waals surface area contributed by atoms with Gasteiger partial charge in [-0.1, -0.05) is 19.8 Å². The molecule has 0 N–H and O–H groups in total. The summed E-state index contributed by atoms with van der Waals surface area (Å²) < 4.78 is 4.95. The Hall–Kier alpha value is 0.200. The molecule has 0 amide bonds. The standard InChI is InChI=1S/C8H15IO2/c1-3-4-5-6-8(10)11-7(2)9/h7H,3-6H2,1-2H3. The molecular weight excluding hydrogens is 255 g/mol. The molecule has 0 fully saturated rings. The van der Waals surface area contributed by atoms with Crippen molar-refractivity contribution in [3.63, 3.8) is 0 Å². The molecule has 0 aromatic heterocycles. The zero-order valence-corrected chi connectivity index (χ0v) is 9.26. The normalized spacial score (nSPS) is 12.6. The third kappa shape index (κ3) is 8.10. The Morgan fingerprint density at radius 2 is 2.18 bits per heavy atom. The van der Waals surface area contributed by atoms with Gasteiger partial charge in [0, 0.05) is 6.42 Å². The van der Waals surface area contributed by atoms with Gasteiger partial charge in [-0.3, -0.25) is 4.79 Å². The van der Waals surface area contributed by atoms with Crippen LogP contribution in [0.3, 0.4) is 0 Å². The first-order valence-corrected chi connectivity index (χ1v) is 5.25. The number of rotatable bonds is 5. The van der Waals surface area contributed by atoms with Crippen LogP contribution < -0.4 is 0 Å². The molecule has 11 heavy (non-hydrogen) atoms. The number of alkyl halides is 1. The predicted molar refractivity (Wildman–Crippen MR) is 53.7 cm³/mol. The Bertz CT molecular complexity index is 113. The third-order valence-corrected chi connectivity index (χ3v) is 1.53. The smallest absolute Gasteiger partial charge is 0.306 e. The average Bonchev–Trinajstić information content (AvgIpc) is 1.86. The van der Waals surface area contributed by atoms with E-state index in [1.807, 2.05) is 6.92 Å². The molecule has 0 rings (SSSR count). The van der Waals surface area contributed by atoms with Crippen LogP contribution >= 0.6 is 22.6 Å². The maximum atomic E-state index is 10.9. The van der Waals surface area contributed by atoms with E-state index < -0.39 is 0 Å². The lowest BCUT2D eigenvalue weighted by Crippen LogP contribution is -2.08. The van der Waals surface area contributed by atoms with Gasteiger partial charge in [0.15, 0.2) is 0 Å². The van der Waals surface area contributed by atoms with Gasteiger partial charge in [0.2, 0.25) is 0 Å². The summed E-state index contributed by atoms with van der Waals surface area (Å²) in [5.41, 5.74) is 0. The van der Waals surface area contributed by atoms with Crippen molar-refractivity contribution < 1.29 is 9.53 Å². The molecule has 0 saturated carbocycles. The molecule has 0 heterocycles. The Kier molecular flexibility index (Phi) is 7.01. The van der Waals surface area contributed by atoms with E-state index in [0.29, 0.717) is 6.42 Å². The molecule has 0 aliphatic carbocycles. The van der Waals surface area contributed by atoms with Crippen LogP contribution in [0.1, 0.15) is 39.5 Å². The van der Waals surface area contributed by atoms with Crippen LogP contribution in [-0.2, 0) is 9.53 Å². The van der Waals surface area contributed by atoms with Crippen molar-refractivity contribution in [2.45, 2.75) is 43.6 Å². The molecule has 0 aromatic carbocycles. The Labute approximate surface area is 81.8 Å². The first-order chi connectivity index (χ1) is 5.16. The van der Waals surface area contributed by atoms with E-state index in [1.54, 1.807) is 0 Å². The van der Waals surface area contributed by atoms with Gasteiger partial charge in [-0.15, -0.1) is 0 Å². The second-order valence-electron chi connectivity index (χ2n) is 2.49. The maximum Gasteiger partial charge on any atom is 0.306 e. The van der Waals surface area contributed by atoms with E-state index in [4.69, 9.17) is 4.74 Å². The largest absolute Gasteiger partial charge is 0.452 e. The zero-order chi connectivity index (χ0) is 8.69. The van der Waals surface area contributed by atoms with Gasteiger partial charge in [-0.25, -0.2) is 0 Å². The van der Waals surface area contributed by atoms with Crippen molar-refractivity contribution in [3.05, 3.63) is 0 Å². The molecule has 1 atom stereocenters. The molecule has 2 nitrogen and oxygen atoms in total. The number of esters is 1. The lowest BCUT2D eigenvalue weighted by Gasteiger charge is -2.05. The molecule has 0 aliphatic heterocycles. The molecule has 0 aliphatic rings. The quantitative estimate of drug-likeness (QED) is 0.332. The summed E-state index contributed by atoms with van der Waals surface area (Å²) >= 11 is 2.08. The van der Waals surface area contributed by atoms with Crippen molar-refractivity contribution in [3.8, 4) is 0 Å². The lowest BCUT2D eigenvalue weighted by molar-refractivity contribution is -0.144. The lowest BCUT2D eigenvalue weighted by atomic mass is 10.2. The van der Waals surface area contributed by atoms with E-state index in [1.165, 1.54) is 0 Å². The van der Waals surface area contributed by atoms with E-state index in [9.17, 15) is 4.79 Å². The number of carbonyl (C=O) groups is 1. The van der Waals surface area contributed by atoms with E-state index in [2.05, 4.69) is 29.5 Å². The number of halogens is 1. The first-order valence-electron chi connectivity index (χ1n) is 4.00. The number of unbranched alkanes of at least 4 members (excludes halogenated alkanes) is 2. The topological polar surface area (TPSA) is 26.3 Å². The molecule has 66 valence electrons. The van der Waals surface area contributed by atoms with Crippen molar-refractivity contribution >= 4 is 28.6 Å². The van der Waals surface area contributed by atoms with E-state index >= 15 is 0 Å². The van der Waals surface area contributed by atoms with Gasteiger partial charge >= 0.3 is 5.97 Å². The molecule has 3 heteroatoms. The molecule has 0 spiro atoms. The van der Waals surface area contributed by atoms with E-state index in [-0.39, 0.29) is 10.1 Å². The summed E-state index contributed by atoms with van der Waals surface area (Å²) in [6.45, 7) is 3.98. The summed E-state index contributed by atoms with van der Waals surface area (Å²) in [5, 5.41) is 0. The number of hydrogen-bond donors (Lipinski definition) is 0. The monoisotopic (exact) mass is 270 g/mol. The maximum absolute atomic E-state index is 10.9. The Morgan fingerprint density at radius 3 is 2.64 bits per heavy atom. The number of carbonyl (C=O) groups excluding carboxylic acids is 1. The summed E-state index contributed by atoms with van der Waals surface area (Å²) in [6, 6.07) is 0. The number of ether oxygens (including phenoxy) is 1. The van der Waals surface area contributed by atoms with Crippen molar-refractivity contribution in [1.29, 1.82) is 0 Å². The zero-order valence-electron chi connectivity index (χ0n) is 7.10. The van der Waals surface area contributed by atoms with Crippen molar-refractivity contribution in [2.24, 2.45) is 0 Å². The molecule has 0 saturated heterocycles. The number of hydrogen-bond acceptors (Lipinski definition) is 2. The van der Waals surface area contributed by atoms with Gasteiger partial charge < -0.3 is 4.74 Å². The van der Waals surface area contributed by atoms with Gasteiger partial charge in [-0.2, -0.15) is 0 Å². The highest BCUT2D eigenvalue weighted by atomic mass is 127. The molecule has 0 aromatic rings. The predicted octanol–water partition coefficient (Wildman–Crippen LogP) is 2.89. The molecule has 0 bridgehead atoms. The summed E-state index contributed by atoms with van der Waals surface area (Å²) in [7, 11) is 0. The average molecular weight is 270 g/mol. The molecular formula is C8H15IO2. The summed E-state index contributed by atoms with van der Waals surface area (Å²) in [4.78, 5) is 10.9. The van der Waals surface area contributed by atoms with Crippen LogP contribution in [0, 0.1) is 0 Å². The highest BCUT2D eigenvalue weighted by Crippen LogP contribution is 2.05. The Morgan fingerprint density at radius 1 is 1.55 bits per heavy atom. The van der Waals surface area contributed by atoms with Gasteiger partial charge in [0.1, 0.15) is 4.11 Å². The van der Waals surface area contributed by atoms with Gasteiger partial charge in [0.25, 0.3) is 0 Å². The van der Waals surface area contributed by atoms with Crippen LogP contribution in [0.15, 0.2) is 0 Å². The SMILES string of the molecule is CCCCCC(=O)OC(C)I. The second-order valence-corrected chi connectivity index (χ2v) is 4.24. The highest BCUT2D eigenvalue weighted by molar-refractivity contribution is 14.1. The minimum Gasteiger partial charge on any atom is -0.452 e. The fourth-order valence-electron chi connectivity index (χ4n) is 0.759. The fourth-order valence-corrected chi connectivity index (χ4v) is 1.04. The van der Waals surface area contributed by atoms with Crippen molar-refractivity contribution in [1.82, 2.24) is 0 Å². The van der Waals surface area contributed by atoms with Gasteiger partial charge in [0.05, 0.1) is 0 Å². The summed E-state index contributed by atoms with van der Waals surface area (Å²) in [6.07, 6.45) is 3.79. The first kappa shape index (κ1) is 11.2. The Balaban J connectivity index is 3.23. The van der Waals surface area contributed by atoms with Crippen molar-refractivity contribution in [2.75, 3.05) is 0 Å². The fraction of sp³-hybridized carbons (Fsp3) is 0.875. The highest BCUT2D eigenvalue weighted by Gasteiger charge is 2.04. The second kappa shape index (κ2) is 6.88. The molecule has 1 unspecified atom stereocenters. The third-order valence-electron chi connectivity index (χ3n) is 1.28.